The summed E-state index contributed by atoms with van der Waals surface area (Å²) < 4.78 is 0.212. The lowest BCUT2D eigenvalue weighted by molar-refractivity contribution is -0.130. The quantitative estimate of drug-likeness (QED) is 0.465. The van der Waals surface area contributed by atoms with Crippen molar-refractivity contribution in [2.75, 3.05) is 0 Å². The number of nitrogens with one attached hydrogen (secondary N) is 2. The lowest BCUT2D eigenvalue weighted by Crippen LogP contribution is -2.43. The standard InChI is InChI=1S/C6H5N3O5/c1-2(3(10)11)9-5(13)7-4(12)8-6(9)14/h1H2,(H,10,11)(H2,7,8,12,13,14). The summed E-state index contributed by atoms with van der Waals surface area (Å²) in [5, 5.41) is 8.45. The van der Waals surface area contributed by atoms with E-state index >= 15 is 0 Å². The van der Waals surface area contributed by atoms with Gasteiger partial charge in [-0.1, -0.05) is 6.58 Å². The third-order valence-corrected chi connectivity index (χ3v) is 1.36. The summed E-state index contributed by atoms with van der Waals surface area (Å²) in [4.78, 5) is 46.3. The van der Waals surface area contributed by atoms with Crippen LogP contribution < -0.4 is 17.1 Å². The van der Waals surface area contributed by atoms with E-state index < -0.39 is 28.7 Å². The number of aromatic nitrogens is 3. The molecule has 74 valence electrons. The van der Waals surface area contributed by atoms with Gasteiger partial charge in [-0.05, 0) is 0 Å². The van der Waals surface area contributed by atoms with E-state index in [1.807, 2.05) is 0 Å². The summed E-state index contributed by atoms with van der Waals surface area (Å²) in [6.45, 7) is 3.00. The van der Waals surface area contributed by atoms with Gasteiger partial charge < -0.3 is 5.11 Å². The van der Waals surface area contributed by atoms with Crippen molar-refractivity contribution in [1.82, 2.24) is 14.5 Å². The number of aliphatic carboxylic acids is 1. The van der Waals surface area contributed by atoms with Gasteiger partial charge in [-0.2, -0.15) is 0 Å². The summed E-state index contributed by atoms with van der Waals surface area (Å²) in [5.41, 5.74) is -4.04. The van der Waals surface area contributed by atoms with Crippen LogP contribution >= 0.6 is 0 Å². The molecule has 0 fully saturated rings. The highest BCUT2D eigenvalue weighted by atomic mass is 16.4. The molecule has 1 aromatic rings. The van der Waals surface area contributed by atoms with Crippen LogP contribution in [0.2, 0.25) is 0 Å². The normalized spacial score (nSPS) is 9.71. The first kappa shape index (κ1) is 9.71. The average molecular weight is 199 g/mol. The summed E-state index contributed by atoms with van der Waals surface area (Å²) >= 11 is 0. The third kappa shape index (κ3) is 1.53. The monoisotopic (exact) mass is 199 g/mol. The van der Waals surface area contributed by atoms with E-state index in [9.17, 15) is 19.2 Å². The van der Waals surface area contributed by atoms with Crippen molar-refractivity contribution in [3.8, 4) is 0 Å². The van der Waals surface area contributed by atoms with Gasteiger partial charge in [0, 0.05) is 0 Å². The Morgan fingerprint density at radius 1 is 1.21 bits per heavy atom. The molecule has 0 atom stereocenters. The van der Waals surface area contributed by atoms with Crippen LogP contribution in [0.1, 0.15) is 0 Å². The van der Waals surface area contributed by atoms with Gasteiger partial charge in [0.1, 0.15) is 5.70 Å². The largest absolute Gasteiger partial charge is 0.477 e. The number of aromatic amines is 2. The van der Waals surface area contributed by atoms with Gasteiger partial charge in [0.05, 0.1) is 0 Å². The molecule has 3 N–H and O–H groups in total. The number of hydrogen-bond acceptors (Lipinski definition) is 4. The molecule has 0 aliphatic heterocycles. The van der Waals surface area contributed by atoms with E-state index in [2.05, 4.69) is 6.58 Å². The molecule has 14 heavy (non-hydrogen) atoms. The summed E-state index contributed by atoms with van der Waals surface area (Å²) in [7, 11) is 0. The molecule has 0 saturated heterocycles. The van der Waals surface area contributed by atoms with Crippen LogP contribution in [0.25, 0.3) is 5.70 Å². The molecule has 0 bridgehead atoms. The van der Waals surface area contributed by atoms with E-state index in [0.717, 1.165) is 0 Å². The zero-order valence-electron chi connectivity index (χ0n) is 6.73. The predicted molar refractivity (Wildman–Crippen MR) is 44.9 cm³/mol. The highest BCUT2D eigenvalue weighted by molar-refractivity contribution is 6.07. The fourth-order valence-electron chi connectivity index (χ4n) is 0.770. The maximum atomic E-state index is 11.0. The smallest absolute Gasteiger partial charge is 0.352 e. The van der Waals surface area contributed by atoms with Crippen LogP contribution in [-0.2, 0) is 4.79 Å². The van der Waals surface area contributed by atoms with Gasteiger partial charge in [0.25, 0.3) is 0 Å². The van der Waals surface area contributed by atoms with Crippen molar-refractivity contribution in [1.29, 1.82) is 0 Å². The molecular weight excluding hydrogens is 194 g/mol. The first-order valence-corrected chi connectivity index (χ1v) is 3.31. The zero-order chi connectivity index (χ0) is 10.9. The topological polar surface area (TPSA) is 125 Å². The Morgan fingerprint density at radius 3 is 2.00 bits per heavy atom. The van der Waals surface area contributed by atoms with E-state index in [1.54, 1.807) is 9.97 Å². The van der Waals surface area contributed by atoms with Gasteiger partial charge in [0.15, 0.2) is 0 Å². The Labute approximate surface area is 75.1 Å². The van der Waals surface area contributed by atoms with Crippen molar-refractivity contribution in [2.45, 2.75) is 0 Å². The Hall–Kier alpha value is -2.38. The minimum Gasteiger partial charge on any atom is -0.477 e. The van der Waals surface area contributed by atoms with E-state index in [4.69, 9.17) is 5.11 Å². The Balaban J connectivity index is 3.60. The number of nitrogens with zero attached hydrogens (tertiary/aromatic N) is 1. The molecule has 1 aromatic heterocycles. The predicted octanol–water partition coefficient (Wildman–Crippen LogP) is -2.22. The Kier molecular flexibility index (Phi) is 2.19. The minimum absolute atomic E-state index is 0.212. The fraction of sp³-hybridized carbons (Fsp3) is 0. The molecule has 0 aliphatic rings. The maximum Gasteiger partial charge on any atom is 0.352 e. The summed E-state index contributed by atoms with van der Waals surface area (Å²) in [6, 6.07) is 0. The van der Waals surface area contributed by atoms with Gasteiger partial charge in [-0.15, -0.1) is 0 Å². The second kappa shape index (κ2) is 3.17. The van der Waals surface area contributed by atoms with Crippen molar-refractivity contribution in [3.63, 3.8) is 0 Å². The van der Waals surface area contributed by atoms with Crippen molar-refractivity contribution >= 4 is 11.7 Å². The third-order valence-electron chi connectivity index (χ3n) is 1.36. The molecule has 0 amide bonds. The van der Waals surface area contributed by atoms with Crippen LogP contribution in [0.3, 0.4) is 0 Å². The van der Waals surface area contributed by atoms with Gasteiger partial charge in [-0.25, -0.2) is 23.7 Å². The number of carboxylic acid groups (broad SMARTS) is 1. The Bertz CT molecular complexity index is 526. The molecule has 0 aliphatic carbocycles. The first-order valence-electron chi connectivity index (χ1n) is 3.31. The van der Waals surface area contributed by atoms with Crippen LogP contribution in [0.4, 0.5) is 0 Å². The van der Waals surface area contributed by atoms with Crippen LogP contribution in [0.15, 0.2) is 21.0 Å². The molecule has 0 radical (unpaired) electrons. The summed E-state index contributed by atoms with van der Waals surface area (Å²) in [5.74, 6) is -1.54. The molecule has 0 aromatic carbocycles. The first-order chi connectivity index (χ1) is 6.43. The molecule has 0 saturated carbocycles. The SMILES string of the molecule is C=C(C(=O)O)n1c(=O)[nH]c(=O)[nH]c1=O. The van der Waals surface area contributed by atoms with Crippen LogP contribution in [-0.4, -0.2) is 25.6 Å². The molecule has 1 rings (SSSR count). The molecule has 0 unspecified atom stereocenters. The number of carboxylic acids is 1. The molecular formula is C6H5N3O5. The highest BCUT2D eigenvalue weighted by Gasteiger charge is 2.12. The summed E-state index contributed by atoms with van der Waals surface area (Å²) in [6.07, 6.45) is 0. The second-order valence-electron chi connectivity index (χ2n) is 2.28. The Morgan fingerprint density at radius 2 is 1.64 bits per heavy atom. The lowest BCUT2D eigenvalue weighted by atomic mass is 10.5. The van der Waals surface area contributed by atoms with E-state index in [0.29, 0.717) is 0 Å². The van der Waals surface area contributed by atoms with Crippen LogP contribution in [0, 0.1) is 0 Å². The number of H-pyrrole nitrogens is 2. The molecule has 8 heteroatoms. The van der Waals surface area contributed by atoms with Crippen molar-refractivity contribution < 1.29 is 9.90 Å². The number of rotatable bonds is 2. The average Bonchev–Trinajstić information content (AvgIpc) is 2.01. The lowest BCUT2D eigenvalue weighted by Gasteiger charge is -2.00. The van der Waals surface area contributed by atoms with Gasteiger partial charge >= 0.3 is 23.0 Å². The number of hydrogen-bond donors (Lipinski definition) is 3. The van der Waals surface area contributed by atoms with Gasteiger partial charge in [0.2, 0.25) is 0 Å². The van der Waals surface area contributed by atoms with Crippen LogP contribution in [0.5, 0.6) is 0 Å². The minimum atomic E-state index is -1.54. The highest BCUT2D eigenvalue weighted by Crippen LogP contribution is 1.89. The van der Waals surface area contributed by atoms with Crippen molar-refractivity contribution in [3.05, 3.63) is 38.0 Å². The maximum absolute atomic E-state index is 11.0. The second-order valence-corrected chi connectivity index (χ2v) is 2.28. The molecule has 0 spiro atoms. The fourth-order valence-corrected chi connectivity index (χ4v) is 0.770. The van der Waals surface area contributed by atoms with Crippen molar-refractivity contribution in [2.24, 2.45) is 0 Å². The molecule has 1 heterocycles. The molecule has 8 nitrogen and oxygen atoms in total. The van der Waals surface area contributed by atoms with Gasteiger partial charge in [-0.3, -0.25) is 9.97 Å². The van der Waals surface area contributed by atoms with E-state index in [1.165, 1.54) is 0 Å². The zero-order valence-corrected chi connectivity index (χ0v) is 6.73. The number of carbonyl (C=O) groups is 1. The van der Waals surface area contributed by atoms with E-state index in [-0.39, 0.29) is 4.57 Å².